The SMILES string of the molecule is O=[N+]([O-])c1cc([N+](=O)[O-])c(Nc2ccccc2Nc2ccc(C(F)(F)F)cc2)cc1F. The second-order valence-electron chi connectivity index (χ2n) is 6.21. The van der Waals surface area contributed by atoms with E-state index in [9.17, 15) is 37.8 Å². The Bertz CT molecular complexity index is 1150. The number of nitrogens with zero attached hydrogens (tertiary/aromatic N) is 2. The van der Waals surface area contributed by atoms with Crippen LogP contribution in [0.2, 0.25) is 0 Å². The third kappa shape index (κ3) is 4.86. The number of halogens is 4. The standard InChI is InChI=1S/C19H12F4N4O4/c20-13-9-16(18(27(30)31)10-17(13)26(28)29)25-15-4-2-1-3-14(15)24-12-7-5-11(6-8-12)19(21,22)23/h1-10,24-25H. The Labute approximate surface area is 171 Å². The maximum atomic E-state index is 14.0. The van der Waals surface area contributed by atoms with Gasteiger partial charge in [0, 0.05) is 11.8 Å². The average molecular weight is 436 g/mol. The summed E-state index contributed by atoms with van der Waals surface area (Å²) in [7, 11) is 0. The number of hydrogen-bond acceptors (Lipinski definition) is 6. The van der Waals surface area contributed by atoms with Crippen molar-refractivity contribution in [1.29, 1.82) is 0 Å². The first-order valence-electron chi connectivity index (χ1n) is 8.49. The van der Waals surface area contributed by atoms with Crippen molar-refractivity contribution in [3.8, 4) is 0 Å². The molecule has 0 amide bonds. The number of hydrogen-bond donors (Lipinski definition) is 2. The first-order chi connectivity index (χ1) is 14.6. The summed E-state index contributed by atoms with van der Waals surface area (Å²) in [6.45, 7) is 0. The second kappa shape index (κ2) is 8.26. The summed E-state index contributed by atoms with van der Waals surface area (Å²) in [4.78, 5) is 20.2. The minimum Gasteiger partial charge on any atom is -0.354 e. The van der Waals surface area contributed by atoms with E-state index in [1.54, 1.807) is 12.1 Å². The molecule has 3 rings (SSSR count). The van der Waals surface area contributed by atoms with Crippen LogP contribution in [0.25, 0.3) is 0 Å². The van der Waals surface area contributed by atoms with Gasteiger partial charge >= 0.3 is 11.9 Å². The summed E-state index contributed by atoms with van der Waals surface area (Å²) in [6, 6.07) is 11.5. The molecule has 0 aliphatic heterocycles. The maximum Gasteiger partial charge on any atom is 0.416 e. The van der Waals surface area contributed by atoms with E-state index in [0.717, 1.165) is 12.1 Å². The summed E-state index contributed by atoms with van der Waals surface area (Å²) >= 11 is 0. The molecule has 3 aromatic carbocycles. The molecule has 0 radical (unpaired) electrons. The number of nitrogens with one attached hydrogen (secondary N) is 2. The van der Waals surface area contributed by atoms with Gasteiger partial charge < -0.3 is 10.6 Å². The molecule has 0 aromatic heterocycles. The molecule has 160 valence electrons. The molecule has 12 heteroatoms. The van der Waals surface area contributed by atoms with Gasteiger partial charge in [0.15, 0.2) is 0 Å². The van der Waals surface area contributed by atoms with Crippen LogP contribution in [-0.4, -0.2) is 9.85 Å². The predicted molar refractivity (Wildman–Crippen MR) is 104 cm³/mol. The lowest BCUT2D eigenvalue weighted by Crippen LogP contribution is -2.05. The summed E-state index contributed by atoms with van der Waals surface area (Å²) in [5.41, 5.74) is -2.11. The number of rotatable bonds is 6. The Kier molecular flexibility index (Phi) is 5.72. The Morgan fingerprint density at radius 3 is 1.81 bits per heavy atom. The highest BCUT2D eigenvalue weighted by Gasteiger charge is 2.30. The van der Waals surface area contributed by atoms with E-state index in [0.29, 0.717) is 23.5 Å². The van der Waals surface area contributed by atoms with Crippen LogP contribution >= 0.6 is 0 Å². The smallest absolute Gasteiger partial charge is 0.354 e. The Hall–Kier alpha value is -4.22. The van der Waals surface area contributed by atoms with E-state index < -0.39 is 38.8 Å². The van der Waals surface area contributed by atoms with Crippen molar-refractivity contribution in [2.75, 3.05) is 10.6 Å². The van der Waals surface area contributed by atoms with Gasteiger partial charge in [0.2, 0.25) is 5.82 Å². The minimum atomic E-state index is -4.49. The average Bonchev–Trinajstić information content (AvgIpc) is 2.69. The number of alkyl halides is 3. The van der Waals surface area contributed by atoms with Crippen LogP contribution in [0, 0.1) is 26.0 Å². The monoisotopic (exact) mass is 436 g/mol. The molecule has 0 saturated heterocycles. The molecular weight excluding hydrogens is 424 g/mol. The number of nitro benzene ring substituents is 2. The van der Waals surface area contributed by atoms with Gasteiger partial charge in [-0.1, -0.05) is 12.1 Å². The zero-order valence-electron chi connectivity index (χ0n) is 15.3. The van der Waals surface area contributed by atoms with Gasteiger partial charge in [-0.25, -0.2) is 0 Å². The van der Waals surface area contributed by atoms with Crippen LogP contribution in [-0.2, 0) is 6.18 Å². The van der Waals surface area contributed by atoms with Crippen molar-refractivity contribution in [3.05, 3.63) is 92.3 Å². The first-order valence-corrected chi connectivity index (χ1v) is 8.49. The van der Waals surface area contributed by atoms with E-state index in [4.69, 9.17) is 0 Å². The van der Waals surface area contributed by atoms with Crippen molar-refractivity contribution in [2.24, 2.45) is 0 Å². The highest BCUT2D eigenvalue weighted by molar-refractivity contribution is 5.81. The molecular formula is C19H12F4N4O4. The van der Waals surface area contributed by atoms with Gasteiger partial charge in [0.05, 0.1) is 32.9 Å². The molecule has 0 spiro atoms. The molecule has 0 heterocycles. The van der Waals surface area contributed by atoms with Crippen molar-refractivity contribution < 1.29 is 27.4 Å². The van der Waals surface area contributed by atoms with Crippen molar-refractivity contribution in [1.82, 2.24) is 0 Å². The Morgan fingerprint density at radius 1 is 0.742 bits per heavy atom. The van der Waals surface area contributed by atoms with Crippen LogP contribution in [0.4, 0.5) is 51.7 Å². The molecule has 0 aliphatic rings. The minimum absolute atomic E-state index is 0.221. The third-order valence-corrected chi connectivity index (χ3v) is 4.15. The third-order valence-electron chi connectivity index (χ3n) is 4.15. The second-order valence-corrected chi connectivity index (χ2v) is 6.21. The van der Waals surface area contributed by atoms with Crippen LogP contribution in [0.5, 0.6) is 0 Å². The fourth-order valence-electron chi connectivity index (χ4n) is 2.69. The van der Waals surface area contributed by atoms with E-state index in [1.165, 1.54) is 24.3 Å². The summed E-state index contributed by atoms with van der Waals surface area (Å²) in [6.07, 6.45) is -4.49. The predicted octanol–water partition coefficient (Wildman–Crippen LogP) is 6.15. The summed E-state index contributed by atoms with van der Waals surface area (Å²) < 4.78 is 52.1. The zero-order valence-corrected chi connectivity index (χ0v) is 15.3. The van der Waals surface area contributed by atoms with Gasteiger partial charge in [-0.2, -0.15) is 17.6 Å². The van der Waals surface area contributed by atoms with E-state index >= 15 is 0 Å². The Morgan fingerprint density at radius 2 is 1.29 bits per heavy atom. The molecule has 0 saturated carbocycles. The molecule has 0 unspecified atom stereocenters. The van der Waals surface area contributed by atoms with Crippen LogP contribution in [0.15, 0.2) is 60.7 Å². The molecule has 0 fully saturated rings. The summed E-state index contributed by atoms with van der Waals surface area (Å²) in [5.74, 6) is -1.27. The highest BCUT2D eigenvalue weighted by atomic mass is 19.4. The number of benzene rings is 3. The Balaban J connectivity index is 1.94. The molecule has 0 atom stereocenters. The largest absolute Gasteiger partial charge is 0.416 e. The van der Waals surface area contributed by atoms with Crippen molar-refractivity contribution in [2.45, 2.75) is 6.18 Å². The van der Waals surface area contributed by atoms with Crippen molar-refractivity contribution >= 4 is 34.1 Å². The quantitative estimate of drug-likeness (QED) is 0.273. The van der Waals surface area contributed by atoms with Gasteiger partial charge in [-0.05, 0) is 36.4 Å². The van der Waals surface area contributed by atoms with Gasteiger partial charge in [0.1, 0.15) is 5.69 Å². The van der Waals surface area contributed by atoms with Gasteiger partial charge in [0.25, 0.3) is 5.69 Å². The maximum absolute atomic E-state index is 14.0. The fraction of sp³-hybridized carbons (Fsp3) is 0.0526. The molecule has 3 aromatic rings. The fourth-order valence-corrected chi connectivity index (χ4v) is 2.69. The molecule has 0 bridgehead atoms. The highest BCUT2D eigenvalue weighted by Crippen LogP contribution is 2.36. The normalized spacial score (nSPS) is 11.1. The van der Waals surface area contributed by atoms with E-state index in [-0.39, 0.29) is 11.4 Å². The zero-order chi connectivity index (χ0) is 22.8. The lowest BCUT2D eigenvalue weighted by molar-refractivity contribution is -0.395. The number of para-hydroxylation sites is 2. The molecule has 31 heavy (non-hydrogen) atoms. The lowest BCUT2D eigenvalue weighted by Gasteiger charge is -2.15. The lowest BCUT2D eigenvalue weighted by atomic mass is 10.1. The topological polar surface area (TPSA) is 110 Å². The number of nitro groups is 2. The first kappa shape index (κ1) is 21.5. The van der Waals surface area contributed by atoms with Crippen LogP contribution in [0.3, 0.4) is 0 Å². The van der Waals surface area contributed by atoms with Crippen LogP contribution in [0.1, 0.15) is 5.56 Å². The number of anilines is 4. The van der Waals surface area contributed by atoms with Crippen LogP contribution < -0.4 is 10.6 Å². The molecule has 0 aliphatic carbocycles. The molecule has 2 N–H and O–H groups in total. The summed E-state index contributed by atoms with van der Waals surface area (Å²) in [5, 5.41) is 27.7. The van der Waals surface area contributed by atoms with E-state index in [2.05, 4.69) is 10.6 Å². The molecule has 8 nitrogen and oxygen atoms in total. The van der Waals surface area contributed by atoms with E-state index in [1.807, 2.05) is 0 Å². The van der Waals surface area contributed by atoms with Gasteiger partial charge in [-0.3, -0.25) is 20.2 Å². The van der Waals surface area contributed by atoms with Gasteiger partial charge in [-0.15, -0.1) is 0 Å². The van der Waals surface area contributed by atoms with Crippen molar-refractivity contribution in [3.63, 3.8) is 0 Å².